The molecule has 28 heavy (non-hydrogen) atoms. The van der Waals surface area contributed by atoms with Crippen LogP contribution in [0.3, 0.4) is 0 Å². The van der Waals surface area contributed by atoms with Crippen molar-refractivity contribution < 1.29 is 9.59 Å². The number of rotatable bonds is 4. The quantitative estimate of drug-likeness (QED) is 0.857. The van der Waals surface area contributed by atoms with Crippen LogP contribution in [0.2, 0.25) is 0 Å². The number of fused-ring (bicyclic) bond motifs is 1. The van der Waals surface area contributed by atoms with Gasteiger partial charge in [-0.2, -0.15) is 5.10 Å². The van der Waals surface area contributed by atoms with E-state index in [0.29, 0.717) is 17.4 Å². The Kier molecular flexibility index (Phi) is 3.70. The second-order valence-corrected chi connectivity index (χ2v) is 8.74. The van der Waals surface area contributed by atoms with Crippen LogP contribution in [0, 0.1) is 32.6 Å². The first-order valence-electron chi connectivity index (χ1n) is 10.1. The fourth-order valence-corrected chi connectivity index (χ4v) is 5.15. The first kappa shape index (κ1) is 17.5. The highest BCUT2D eigenvalue weighted by Crippen LogP contribution is 2.53. The summed E-state index contributed by atoms with van der Waals surface area (Å²) in [6.45, 7) is 7.31. The largest absolute Gasteiger partial charge is 0.348 e. The zero-order valence-electron chi connectivity index (χ0n) is 16.6. The molecule has 0 bridgehead atoms. The van der Waals surface area contributed by atoms with Gasteiger partial charge in [0.05, 0.1) is 16.7 Å². The van der Waals surface area contributed by atoms with Gasteiger partial charge in [-0.05, 0) is 44.7 Å². The van der Waals surface area contributed by atoms with Crippen molar-refractivity contribution >= 4 is 11.8 Å². The first-order chi connectivity index (χ1) is 13.4. The topological polar surface area (TPSA) is 78.1 Å². The summed E-state index contributed by atoms with van der Waals surface area (Å²) < 4.78 is 0. The zero-order valence-corrected chi connectivity index (χ0v) is 16.6. The summed E-state index contributed by atoms with van der Waals surface area (Å²) in [4.78, 5) is 27.9. The third-order valence-electron chi connectivity index (χ3n) is 6.95. The highest BCUT2D eigenvalue weighted by atomic mass is 16.2. The number of aryl methyl sites for hydroxylation is 3. The van der Waals surface area contributed by atoms with Crippen LogP contribution in [0.25, 0.3) is 0 Å². The molecule has 146 valence electrons. The summed E-state index contributed by atoms with van der Waals surface area (Å²) >= 11 is 0. The van der Waals surface area contributed by atoms with E-state index in [-0.39, 0.29) is 23.3 Å². The van der Waals surface area contributed by atoms with Crippen LogP contribution in [-0.4, -0.2) is 46.0 Å². The molecular formula is C22H26N4O2. The molecule has 2 heterocycles. The Hall–Kier alpha value is -2.63. The van der Waals surface area contributed by atoms with Crippen LogP contribution < -0.4 is 5.32 Å². The minimum Gasteiger partial charge on any atom is -0.348 e. The molecular weight excluding hydrogens is 352 g/mol. The fourth-order valence-electron chi connectivity index (χ4n) is 5.15. The molecule has 3 aliphatic rings. The molecule has 2 saturated carbocycles. The van der Waals surface area contributed by atoms with Crippen LogP contribution in [0.4, 0.5) is 0 Å². The van der Waals surface area contributed by atoms with E-state index in [0.717, 1.165) is 37.3 Å². The maximum absolute atomic E-state index is 13.3. The Morgan fingerprint density at radius 1 is 1.14 bits per heavy atom. The maximum atomic E-state index is 13.3. The highest BCUT2D eigenvalue weighted by Gasteiger charge is 2.61. The Labute approximate surface area is 164 Å². The molecule has 3 fully saturated rings. The number of nitrogens with zero attached hydrogens (tertiary/aromatic N) is 2. The van der Waals surface area contributed by atoms with Gasteiger partial charge in [-0.25, -0.2) is 0 Å². The molecule has 1 saturated heterocycles. The van der Waals surface area contributed by atoms with Crippen LogP contribution in [0.1, 0.15) is 45.7 Å². The lowest BCUT2D eigenvalue weighted by Crippen LogP contribution is -2.42. The van der Waals surface area contributed by atoms with E-state index >= 15 is 0 Å². The summed E-state index contributed by atoms with van der Waals surface area (Å²) in [5.74, 6) is 0.987. The average molecular weight is 378 g/mol. The lowest BCUT2D eigenvalue weighted by atomic mass is 9.90. The van der Waals surface area contributed by atoms with Crippen LogP contribution in [-0.2, 0) is 10.2 Å². The summed E-state index contributed by atoms with van der Waals surface area (Å²) in [6.07, 6.45) is 1.89. The molecule has 2 amide bonds. The minimum absolute atomic E-state index is 0.0559. The normalized spacial score (nSPS) is 26.7. The number of benzene rings is 1. The lowest BCUT2D eigenvalue weighted by Gasteiger charge is -2.27. The molecule has 5 rings (SSSR count). The summed E-state index contributed by atoms with van der Waals surface area (Å²) in [7, 11) is 0. The number of aromatic amines is 1. The van der Waals surface area contributed by atoms with Crippen molar-refractivity contribution in [3.63, 3.8) is 0 Å². The van der Waals surface area contributed by atoms with E-state index in [1.54, 1.807) is 0 Å². The number of piperidine rings is 1. The van der Waals surface area contributed by atoms with Gasteiger partial charge >= 0.3 is 0 Å². The Morgan fingerprint density at radius 3 is 2.39 bits per heavy atom. The van der Waals surface area contributed by atoms with Crippen molar-refractivity contribution in [1.29, 1.82) is 0 Å². The van der Waals surface area contributed by atoms with E-state index in [9.17, 15) is 9.59 Å². The van der Waals surface area contributed by atoms with Crippen molar-refractivity contribution in [1.82, 2.24) is 20.4 Å². The molecule has 3 atom stereocenters. The molecule has 0 radical (unpaired) electrons. The third-order valence-corrected chi connectivity index (χ3v) is 6.95. The van der Waals surface area contributed by atoms with Crippen LogP contribution in [0.5, 0.6) is 0 Å². The molecule has 2 aliphatic carbocycles. The van der Waals surface area contributed by atoms with E-state index < -0.39 is 0 Å². The van der Waals surface area contributed by atoms with Gasteiger partial charge in [0.15, 0.2) is 0 Å². The first-order valence-corrected chi connectivity index (χ1v) is 10.1. The number of hydrogen-bond acceptors (Lipinski definition) is 3. The standard InChI is InChI=1S/C22H26N4O2/c1-12-6-4-5-7-17(12)22(8-9-22)21(28)26-10-15-16(11-26)19(15)23-20(27)18-13(2)24-25-14(18)3/h4-7,15-16,19H,8-11H2,1-3H3,(H,23,27)(H,24,25)/t15-,16+,19?. The molecule has 6 heteroatoms. The molecule has 0 spiro atoms. The smallest absolute Gasteiger partial charge is 0.255 e. The molecule has 2 N–H and O–H groups in total. The maximum Gasteiger partial charge on any atom is 0.255 e. The predicted molar refractivity (Wildman–Crippen MR) is 105 cm³/mol. The van der Waals surface area contributed by atoms with E-state index in [1.165, 1.54) is 11.1 Å². The minimum atomic E-state index is -0.300. The van der Waals surface area contributed by atoms with Gasteiger partial charge in [0.2, 0.25) is 5.91 Å². The monoisotopic (exact) mass is 378 g/mol. The van der Waals surface area contributed by atoms with Gasteiger partial charge in [-0.1, -0.05) is 24.3 Å². The second-order valence-electron chi connectivity index (χ2n) is 8.74. The fraction of sp³-hybridized carbons (Fsp3) is 0.500. The van der Waals surface area contributed by atoms with Gasteiger partial charge < -0.3 is 10.2 Å². The van der Waals surface area contributed by atoms with Crippen molar-refractivity contribution in [2.24, 2.45) is 11.8 Å². The number of amides is 2. The molecule has 1 aliphatic heterocycles. The zero-order chi connectivity index (χ0) is 19.6. The van der Waals surface area contributed by atoms with Gasteiger partial charge in [0, 0.05) is 36.7 Å². The van der Waals surface area contributed by atoms with E-state index in [1.807, 2.05) is 30.9 Å². The number of carbonyl (C=O) groups is 2. The van der Waals surface area contributed by atoms with Crippen molar-refractivity contribution in [2.75, 3.05) is 13.1 Å². The SMILES string of the molecule is Cc1ccccc1C1(C(=O)N2C[C@@H]3C(NC(=O)c4c(C)n[nH]c4C)[C@@H]3C2)CC1. The predicted octanol–water partition coefficient (Wildman–Crippen LogP) is 2.25. The highest BCUT2D eigenvalue weighted by molar-refractivity contribution is 5.97. The molecule has 1 unspecified atom stereocenters. The summed E-state index contributed by atoms with van der Waals surface area (Å²) in [6, 6.07) is 8.44. The second kappa shape index (κ2) is 5.93. The number of hydrogen-bond donors (Lipinski definition) is 2. The van der Waals surface area contributed by atoms with Gasteiger partial charge in [0.1, 0.15) is 0 Å². The van der Waals surface area contributed by atoms with Gasteiger partial charge in [0.25, 0.3) is 5.91 Å². The van der Waals surface area contributed by atoms with E-state index in [2.05, 4.69) is 34.6 Å². The number of carbonyl (C=O) groups excluding carboxylic acids is 2. The van der Waals surface area contributed by atoms with Crippen LogP contribution in [0.15, 0.2) is 24.3 Å². The summed E-state index contributed by atoms with van der Waals surface area (Å²) in [5.41, 5.74) is 4.27. The number of H-pyrrole nitrogens is 1. The van der Waals surface area contributed by atoms with Crippen LogP contribution >= 0.6 is 0 Å². The molecule has 1 aromatic carbocycles. The number of aromatic nitrogens is 2. The molecule has 6 nitrogen and oxygen atoms in total. The Morgan fingerprint density at radius 2 is 1.82 bits per heavy atom. The summed E-state index contributed by atoms with van der Waals surface area (Å²) in [5, 5.41) is 10.1. The third kappa shape index (κ3) is 2.50. The molecule has 1 aromatic heterocycles. The Bertz CT molecular complexity index is 943. The number of likely N-dealkylation sites (tertiary alicyclic amines) is 1. The lowest BCUT2D eigenvalue weighted by molar-refractivity contribution is -0.133. The van der Waals surface area contributed by atoms with Gasteiger partial charge in [-0.3, -0.25) is 14.7 Å². The number of nitrogens with one attached hydrogen (secondary N) is 2. The van der Waals surface area contributed by atoms with Crippen molar-refractivity contribution in [3.05, 3.63) is 52.3 Å². The van der Waals surface area contributed by atoms with Gasteiger partial charge in [-0.15, -0.1) is 0 Å². The van der Waals surface area contributed by atoms with E-state index in [4.69, 9.17) is 0 Å². The molecule has 2 aromatic rings. The van der Waals surface area contributed by atoms with Crippen molar-refractivity contribution in [3.8, 4) is 0 Å². The average Bonchev–Trinajstić information content (AvgIpc) is 3.50. The Balaban J connectivity index is 1.23. The van der Waals surface area contributed by atoms with Crippen molar-refractivity contribution in [2.45, 2.75) is 45.1 Å².